The number of hydrogen-bond acceptors (Lipinski definition) is 3. The molecule has 1 heterocycles. The maximum absolute atomic E-state index is 10.5. The molecular weight excluding hydrogens is 274 g/mol. The Hall–Kier alpha value is -1.82. The van der Waals surface area contributed by atoms with Crippen LogP contribution in [0.5, 0.6) is 0 Å². The number of nitro benzene ring substituents is 1. The number of hydrogen-bond donors (Lipinski definition) is 1. The minimum Gasteiger partial charge on any atom is -0.294 e. The van der Waals surface area contributed by atoms with Crippen molar-refractivity contribution < 1.29 is 4.92 Å². The molecule has 0 saturated carbocycles. The molecule has 0 unspecified atom stereocenters. The zero-order chi connectivity index (χ0) is 11.5. The first-order valence-corrected chi connectivity index (χ1v) is 5.30. The SMILES string of the molecule is O=[N+]([O-])c1ccc(Nn2cccc2)c(Br)c1. The van der Waals surface area contributed by atoms with Crippen LogP contribution < -0.4 is 5.43 Å². The fraction of sp³-hybridized carbons (Fsp3) is 0. The molecule has 0 spiro atoms. The largest absolute Gasteiger partial charge is 0.294 e. The van der Waals surface area contributed by atoms with Gasteiger partial charge in [0.2, 0.25) is 0 Å². The van der Waals surface area contributed by atoms with Crippen molar-refractivity contribution in [3.8, 4) is 0 Å². The van der Waals surface area contributed by atoms with Gasteiger partial charge in [-0.1, -0.05) is 0 Å². The van der Waals surface area contributed by atoms with Gasteiger partial charge in [0.05, 0.1) is 10.6 Å². The summed E-state index contributed by atoms with van der Waals surface area (Å²) in [6, 6.07) is 8.34. The molecular formula is C10H8BrN3O2. The van der Waals surface area contributed by atoms with Crippen molar-refractivity contribution in [2.45, 2.75) is 0 Å². The normalized spacial score (nSPS) is 10.1. The first-order chi connectivity index (χ1) is 7.66. The Morgan fingerprint density at radius 1 is 1.31 bits per heavy atom. The third-order valence-electron chi connectivity index (χ3n) is 2.02. The van der Waals surface area contributed by atoms with E-state index in [0.717, 1.165) is 5.69 Å². The number of benzene rings is 1. The standard InChI is InChI=1S/C10H8BrN3O2/c11-9-7-8(14(15)16)3-4-10(9)12-13-5-1-2-6-13/h1-7,12H. The maximum Gasteiger partial charge on any atom is 0.270 e. The number of nitrogens with one attached hydrogen (secondary N) is 1. The van der Waals surface area contributed by atoms with Crippen LogP contribution in [0.15, 0.2) is 47.2 Å². The molecule has 0 aliphatic rings. The van der Waals surface area contributed by atoms with Crippen molar-refractivity contribution >= 4 is 27.3 Å². The fourth-order valence-electron chi connectivity index (χ4n) is 1.26. The second kappa shape index (κ2) is 4.36. The molecule has 6 heteroatoms. The molecule has 82 valence electrons. The van der Waals surface area contributed by atoms with Gasteiger partial charge in [0, 0.05) is 29.0 Å². The highest BCUT2D eigenvalue weighted by Crippen LogP contribution is 2.27. The van der Waals surface area contributed by atoms with Gasteiger partial charge in [0.25, 0.3) is 5.69 Å². The van der Waals surface area contributed by atoms with Crippen LogP contribution in [0.2, 0.25) is 0 Å². The summed E-state index contributed by atoms with van der Waals surface area (Å²) in [5.41, 5.74) is 3.89. The molecule has 1 N–H and O–H groups in total. The molecule has 0 aliphatic heterocycles. The topological polar surface area (TPSA) is 60.1 Å². The Kier molecular flexibility index (Phi) is 2.91. The smallest absolute Gasteiger partial charge is 0.270 e. The molecule has 0 aliphatic carbocycles. The Bertz CT molecular complexity index is 511. The molecule has 1 aromatic heterocycles. The summed E-state index contributed by atoms with van der Waals surface area (Å²) in [6.07, 6.45) is 3.68. The maximum atomic E-state index is 10.5. The molecule has 0 fully saturated rings. The van der Waals surface area contributed by atoms with Crippen molar-refractivity contribution in [1.29, 1.82) is 0 Å². The number of nitro groups is 1. The van der Waals surface area contributed by atoms with Crippen molar-refractivity contribution in [2.75, 3.05) is 5.43 Å². The third kappa shape index (κ3) is 2.22. The van der Waals surface area contributed by atoms with E-state index in [1.807, 2.05) is 24.5 Å². The minimum atomic E-state index is -0.426. The van der Waals surface area contributed by atoms with Gasteiger partial charge in [-0.3, -0.25) is 20.2 Å². The number of anilines is 1. The van der Waals surface area contributed by atoms with Crippen LogP contribution in [-0.4, -0.2) is 9.60 Å². The Balaban J connectivity index is 2.26. The molecule has 0 bridgehead atoms. The lowest BCUT2D eigenvalue weighted by atomic mass is 10.3. The summed E-state index contributed by atoms with van der Waals surface area (Å²) in [4.78, 5) is 10.1. The van der Waals surface area contributed by atoms with Crippen molar-refractivity contribution in [1.82, 2.24) is 4.68 Å². The zero-order valence-electron chi connectivity index (χ0n) is 8.13. The predicted octanol–water partition coefficient (Wildman–Crippen LogP) is 3.03. The van der Waals surface area contributed by atoms with Gasteiger partial charge in [0.1, 0.15) is 0 Å². The van der Waals surface area contributed by atoms with Crippen LogP contribution in [-0.2, 0) is 0 Å². The van der Waals surface area contributed by atoms with E-state index in [1.165, 1.54) is 12.1 Å². The number of nitrogens with zero attached hydrogens (tertiary/aromatic N) is 2. The lowest BCUT2D eigenvalue weighted by molar-refractivity contribution is -0.384. The van der Waals surface area contributed by atoms with E-state index in [-0.39, 0.29) is 5.69 Å². The van der Waals surface area contributed by atoms with Crippen LogP contribution in [0.3, 0.4) is 0 Å². The fourth-order valence-corrected chi connectivity index (χ4v) is 1.71. The molecule has 0 amide bonds. The quantitative estimate of drug-likeness (QED) is 0.695. The van der Waals surface area contributed by atoms with Gasteiger partial charge < -0.3 is 0 Å². The molecule has 0 radical (unpaired) electrons. The first kappa shape index (κ1) is 10.7. The summed E-state index contributed by atoms with van der Waals surface area (Å²) < 4.78 is 2.40. The lowest BCUT2D eigenvalue weighted by Gasteiger charge is -2.08. The molecule has 16 heavy (non-hydrogen) atoms. The molecule has 2 aromatic rings. The van der Waals surface area contributed by atoms with E-state index < -0.39 is 4.92 Å². The number of rotatable bonds is 3. The van der Waals surface area contributed by atoms with Crippen molar-refractivity contribution in [3.05, 3.63) is 57.3 Å². The van der Waals surface area contributed by atoms with E-state index in [2.05, 4.69) is 21.4 Å². The Labute approximate surface area is 99.9 Å². The highest BCUT2D eigenvalue weighted by atomic mass is 79.9. The van der Waals surface area contributed by atoms with E-state index in [9.17, 15) is 10.1 Å². The number of halogens is 1. The van der Waals surface area contributed by atoms with Gasteiger partial charge in [-0.15, -0.1) is 0 Å². The Morgan fingerprint density at radius 3 is 2.56 bits per heavy atom. The molecule has 5 nitrogen and oxygen atoms in total. The number of aromatic nitrogens is 1. The van der Waals surface area contributed by atoms with E-state index in [4.69, 9.17) is 0 Å². The van der Waals surface area contributed by atoms with Crippen LogP contribution in [0.4, 0.5) is 11.4 Å². The molecule has 0 saturated heterocycles. The summed E-state index contributed by atoms with van der Waals surface area (Å²) in [6.45, 7) is 0. The zero-order valence-corrected chi connectivity index (χ0v) is 9.72. The third-order valence-corrected chi connectivity index (χ3v) is 2.67. The molecule has 0 atom stereocenters. The van der Waals surface area contributed by atoms with Crippen LogP contribution in [0.25, 0.3) is 0 Å². The van der Waals surface area contributed by atoms with E-state index in [0.29, 0.717) is 4.47 Å². The summed E-state index contributed by atoms with van der Waals surface area (Å²) in [5, 5.41) is 10.5. The van der Waals surface area contributed by atoms with Crippen LogP contribution in [0, 0.1) is 10.1 Å². The minimum absolute atomic E-state index is 0.0601. The number of non-ortho nitro benzene ring substituents is 1. The average molecular weight is 282 g/mol. The van der Waals surface area contributed by atoms with Gasteiger partial charge in [-0.2, -0.15) is 0 Å². The van der Waals surface area contributed by atoms with Crippen molar-refractivity contribution in [2.24, 2.45) is 0 Å². The Morgan fingerprint density at radius 2 is 2.00 bits per heavy atom. The second-order valence-corrected chi connectivity index (χ2v) is 3.98. The van der Waals surface area contributed by atoms with Gasteiger partial charge in [0.15, 0.2) is 0 Å². The van der Waals surface area contributed by atoms with Crippen LogP contribution in [0.1, 0.15) is 0 Å². The van der Waals surface area contributed by atoms with Crippen molar-refractivity contribution in [3.63, 3.8) is 0 Å². The van der Waals surface area contributed by atoms with Crippen LogP contribution >= 0.6 is 15.9 Å². The van der Waals surface area contributed by atoms with Gasteiger partial charge in [-0.05, 0) is 34.1 Å². The molecule has 1 aromatic carbocycles. The monoisotopic (exact) mass is 281 g/mol. The van der Waals surface area contributed by atoms with Gasteiger partial charge >= 0.3 is 0 Å². The average Bonchev–Trinajstić information content (AvgIpc) is 2.73. The van der Waals surface area contributed by atoms with E-state index >= 15 is 0 Å². The summed E-state index contributed by atoms with van der Waals surface area (Å²) in [5.74, 6) is 0. The summed E-state index contributed by atoms with van der Waals surface area (Å²) in [7, 11) is 0. The lowest BCUT2D eigenvalue weighted by Crippen LogP contribution is -2.06. The molecule has 2 rings (SSSR count). The van der Waals surface area contributed by atoms with Gasteiger partial charge in [-0.25, -0.2) is 0 Å². The first-order valence-electron chi connectivity index (χ1n) is 4.51. The summed E-state index contributed by atoms with van der Waals surface area (Å²) >= 11 is 3.28. The predicted molar refractivity (Wildman–Crippen MR) is 64.2 cm³/mol. The highest BCUT2D eigenvalue weighted by Gasteiger charge is 2.08. The second-order valence-electron chi connectivity index (χ2n) is 3.12. The van der Waals surface area contributed by atoms with E-state index in [1.54, 1.807) is 10.7 Å². The highest BCUT2D eigenvalue weighted by molar-refractivity contribution is 9.10.